The predicted octanol–water partition coefficient (Wildman–Crippen LogP) is 0.790. The zero-order valence-corrected chi connectivity index (χ0v) is 3.26. The summed E-state index contributed by atoms with van der Waals surface area (Å²) in [7, 11) is 0. The molecule has 4 heteroatoms. The van der Waals surface area contributed by atoms with Crippen LogP contribution in [0.15, 0.2) is 22.3 Å². The second-order valence-corrected chi connectivity index (χ2v) is 0.998. The van der Waals surface area contributed by atoms with Crippen molar-refractivity contribution in [2.24, 2.45) is 10.2 Å². The molecule has 0 N–H and O–H groups in total. The first-order chi connectivity index (χ1) is 3.30. The van der Waals surface area contributed by atoms with Gasteiger partial charge in [0.2, 0.25) is 5.83 Å². The van der Waals surface area contributed by atoms with Crippen LogP contribution in [0, 0.1) is 0 Å². The van der Waals surface area contributed by atoms with E-state index in [1.807, 2.05) is 0 Å². The van der Waals surface area contributed by atoms with Crippen molar-refractivity contribution >= 4 is 5.91 Å². The Morgan fingerprint density at radius 1 is 1.71 bits per heavy atom. The lowest BCUT2D eigenvalue weighted by molar-refractivity contribution is -0.115. The SMILES string of the molecule is O=C1N=NC=C1F. The number of amides is 1. The van der Waals surface area contributed by atoms with Gasteiger partial charge in [0.15, 0.2) is 0 Å². The Balaban J connectivity index is 2.89. The van der Waals surface area contributed by atoms with Crippen molar-refractivity contribution in [3.05, 3.63) is 12.0 Å². The molecule has 0 atom stereocenters. The van der Waals surface area contributed by atoms with E-state index in [0.29, 0.717) is 0 Å². The Labute approximate surface area is 38.5 Å². The predicted molar refractivity (Wildman–Crippen MR) is 19.1 cm³/mol. The van der Waals surface area contributed by atoms with Crippen LogP contribution in [-0.4, -0.2) is 5.91 Å². The van der Waals surface area contributed by atoms with Crippen molar-refractivity contribution in [3.8, 4) is 0 Å². The minimum Gasteiger partial charge on any atom is -0.262 e. The Morgan fingerprint density at radius 3 is 2.57 bits per heavy atom. The Kier molecular flexibility index (Phi) is 0.714. The molecule has 7 heavy (non-hydrogen) atoms. The van der Waals surface area contributed by atoms with Crippen LogP contribution in [0.2, 0.25) is 0 Å². The molecule has 1 heterocycles. The van der Waals surface area contributed by atoms with Crippen LogP contribution >= 0.6 is 0 Å². The fourth-order valence-corrected chi connectivity index (χ4v) is 0.235. The number of halogens is 1. The molecule has 3 nitrogen and oxygen atoms in total. The van der Waals surface area contributed by atoms with E-state index in [1.165, 1.54) is 0 Å². The van der Waals surface area contributed by atoms with E-state index in [1.54, 1.807) is 0 Å². The smallest absolute Gasteiger partial charge is 0.262 e. The van der Waals surface area contributed by atoms with Gasteiger partial charge >= 0.3 is 5.91 Å². The molecule has 0 aliphatic carbocycles. The minimum atomic E-state index is -0.889. The third-order valence-electron chi connectivity index (χ3n) is 0.524. The average Bonchev–Trinajstić information content (AvgIpc) is 1.91. The molecule has 0 bridgehead atoms. The monoisotopic (exact) mass is 100 g/mol. The summed E-state index contributed by atoms with van der Waals surface area (Å²) in [6, 6.07) is 0. The Hall–Kier alpha value is -1.06. The highest BCUT2D eigenvalue weighted by atomic mass is 19.1. The fraction of sp³-hybridized carbons (Fsp3) is 0. The number of rotatable bonds is 0. The van der Waals surface area contributed by atoms with Crippen LogP contribution < -0.4 is 0 Å². The number of nitrogens with zero attached hydrogens (tertiary/aromatic N) is 2. The highest BCUT2D eigenvalue weighted by Crippen LogP contribution is 2.06. The first-order valence-corrected chi connectivity index (χ1v) is 1.61. The maximum atomic E-state index is 11.6. The molecule has 0 aromatic rings. The van der Waals surface area contributed by atoms with Crippen molar-refractivity contribution in [2.75, 3.05) is 0 Å². The summed E-state index contributed by atoms with van der Waals surface area (Å²) < 4.78 is 11.6. The van der Waals surface area contributed by atoms with Crippen LogP contribution in [0.5, 0.6) is 0 Å². The molecule has 0 unspecified atom stereocenters. The normalized spacial score (nSPS) is 17.9. The molecule has 1 aliphatic heterocycles. The van der Waals surface area contributed by atoms with Crippen molar-refractivity contribution in [3.63, 3.8) is 0 Å². The molecule has 0 fully saturated rings. The highest BCUT2D eigenvalue weighted by Gasteiger charge is 2.10. The summed E-state index contributed by atoms with van der Waals surface area (Å²) in [5.41, 5.74) is 0. The fourth-order valence-electron chi connectivity index (χ4n) is 0.235. The van der Waals surface area contributed by atoms with Gasteiger partial charge in [-0.25, -0.2) is 0 Å². The van der Waals surface area contributed by atoms with Gasteiger partial charge in [0.05, 0.1) is 6.20 Å². The topological polar surface area (TPSA) is 41.8 Å². The third-order valence-corrected chi connectivity index (χ3v) is 0.524. The third kappa shape index (κ3) is 0.534. The molecule has 0 saturated heterocycles. The number of azo groups is 1. The van der Waals surface area contributed by atoms with Gasteiger partial charge in [-0.1, -0.05) is 0 Å². The van der Waals surface area contributed by atoms with E-state index in [4.69, 9.17) is 0 Å². The van der Waals surface area contributed by atoms with Crippen molar-refractivity contribution in [2.45, 2.75) is 0 Å². The van der Waals surface area contributed by atoms with E-state index < -0.39 is 11.7 Å². The number of carbonyl (C=O) groups excluding carboxylic acids is 1. The molecule has 0 aromatic carbocycles. The minimum absolute atomic E-state index is 0.780. The van der Waals surface area contributed by atoms with Crippen LogP contribution in [0.1, 0.15) is 0 Å². The van der Waals surface area contributed by atoms with Gasteiger partial charge in [-0.2, -0.15) is 9.50 Å². The molecule has 1 aliphatic rings. The summed E-state index contributed by atoms with van der Waals surface area (Å²) in [6.07, 6.45) is 0.780. The molecule has 1 amide bonds. The first-order valence-electron chi connectivity index (χ1n) is 1.61. The summed E-state index contributed by atoms with van der Waals surface area (Å²) in [6.45, 7) is 0. The quantitative estimate of drug-likeness (QED) is 0.443. The van der Waals surface area contributed by atoms with Gasteiger partial charge in [0.25, 0.3) is 0 Å². The lowest BCUT2D eigenvalue weighted by Gasteiger charge is -1.69. The second kappa shape index (κ2) is 1.22. The number of carbonyl (C=O) groups is 1. The van der Waals surface area contributed by atoms with E-state index in [0.717, 1.165) is 6.20 Å². The van der Waals surface area contributed by atoms with Crippen molar-refractivity contribution in [1.82, 2.24) is 0 Å². The van der Waals surface area contributed by atoms with Crippen molar-refractivity contribution < 1.29 is 9.18 Å². The maximum absolute atomic E-state index is 11.6. The first kappa shape index (κ1) is 4.11. The maximum Gasteiger partial charge on any atom is 0.325 e. The van der Waals surface area contributed by atoms with Crippen LogP contribution in [0.4, 0.5) is 4.39 Å². The largest absolute Gasteiger partial charge is 0.325 e. The van der Waals surface area contributed by atoms with Gasteiger partial charge in [0, 0.05) is 0 Å². The molecule has 0 spiro atoms. The number of hydrogen-bond donors (Lipinski definition) is 0. The summed E-state index contributed by atoms with van der Waals surface area (Å²) in [5, 5.41) is 5.82. The molecule has 0 radical (unpaired) electrons. The summed E-state index contributed by atoms with van der Waals surface area (Å²) >= 11 is 0. The second-order valence-electron chi connectivity index (χ2n) is 0.998. The van der Waals surface area contributed by atoms with E-state index >= 15 is 0 Å². The molecule has 36 valence electrons. The van der Waals surface area contributed by atoms with Gasteiger partial charge in [-0.15, -0.1) is 5.11 Å². The van der Waals surface area contributed by atoms with E-state index in [2.05, 4.69) is 10.2 Å². The Bertz CT molecular complexity index is 160. The van der Waals surface area contributed by atoms with Gasteiger partial charge in [0.1, 0.15) is 0 Å². The van der Waals surface area contributed by atoms with E-state index in [-0.39, 0.29) is 0 Å². The van der Waals surface area contributed by atoms with E-state index in [9.17, 15) is 9.18 Å². The molecular weight excluding hydrogens is 99.0 g/mol. The average molecular weight is 100 g/mol. The molecular formula is C3HFN2O. The molecule has 0 aromatic heterocycles. The Morgan fingerprint density at radius 2 is 2.43 bits per heavy atom. The van der Waals surface area contributed by atoms with Crippen LogP contribution in [0.3, 0.4) is 0 Å². The van der Waals surface area contributed by atoms with Gasteiger partial charge in [-0.3, -0.25) is 4.79 Å². The zero-order chi connectivity index (χ0) is 5.28. The number of hydrogen-bond acceptors (Lipinski definition) is 2. The molecule has 1 rings (SSSR count). The van der Waals surface area contributed by atoms with Crippen molar-refractivity contribution in [1.29, 1.82) is 0 Å². The van der Waals surface area contributed by atoms with Gasteiger partial charge in [-0.05, 0) is 0 Å². The lowest BCUT2D eigenvalue weighted by Crippen LogP contribution is -1.84. The lowest BCUT2D eigenvalue weighted by atomic mass is 10.6. The van der Waals surface area contributed by atoms with Crippen LogP contribution in [0.25, 0.3) is 0 Å². The summed E-state index contributed by atoms with van der Waals surface area (Å²) in [5.74, 6) is -1.78. The zero-order valence-electron chi connectivity index (χ0n) is 3.26. The molecule has 0 saturated carbocycles. The highest BCUT2D eigenvalue weighted by molar-refractivity contribution is 5.92. The standard InChI is InChI=1S/C3HFN2O/c4-2-1-5-6-3(2)7/h1H. The van der Waals surface area contributed by atoms with Gasteiger partial charge < -0.3 is 0 Å². The summed E-state index contributed by atoms with van der Waals surface area (Å²) in [4.78, 5) is 9.87. The van der Waals surface area contributed by atoms with Crippen LogP contribution in [-0.2, 0) is 4.79 Å².